The fraction of sp³-hybridized carbons (Fsp3) is 0.636. The summed E-state index contributed by atoms with van der Waals surface area (Å²) in [5.74, 6) is 0.453. The first-order valence-electron chi connectivity index (χ1n) is 4.17. The first-order chi connectivity index (χ1) is 4.87. The number of hydrogen-bond acceptors (Lipinski definition) is 0. The van der Waals surface area contributed by atoms with Gasteiger partial charge in [0.15, 0.2) is 0 Å². The summed E-state index contributed by atoms with van der Waals surface area (Å²) in [7, 11) is 0. The minimum Gasteiger partial charge on any atom is -0.102 e. The molecular formula is C11H20. The Morgan fingerprint density at radius 2 is 1.91 bits per heavy atom. The summed E-state index contributed by atoms with van der Waals surface area (Å²) in [5, 5.41) is 0. The predicted octanol–water partition coefficient (Wildman–Crippen LogP) is 3.80. The van der Waals surface area contributed by atoms with Crippen molar-refractivity contribution in [3.63, 3.8) is 0 Å². The third-order valence-electron chi connectivity index (χ3n) is 1.75. The van der Waals surface area contributed by atoms with Gasteiger partial charge in [-0.05, 0) is 17.8 Å². The second kappa shape index (κ2) is 3.75. The Hall–Kier alpha value is -0.520. The van der Waals surface area contributed by atoms with E-state index in [-0.39, 0.29) is 0 Å². The minimum absolute atomic E-state index is 0.356. The van der Waals surface area contributed by atoms with Gasteiger partial charge in [-0.1, -0.05) is 45.9 Å². The molecule has 1 unspecified atom stereocenters. The van der Waals surface area contributed by atoms with Gasteiger partial charge in [-0.15, -0.1) is 6.58 Å². The van der Waals surface area contributed by atoms with Crippen LogP contribution in [0.15, 0.2) is 24.8 Å². The van der Waals surface area contributed by atoms with Gasteiger partial charge in [0.1, 0.15) is 0 Å². The lowest BCUT2D eigenvalue weighted by molar-refractivity contribution is 0.399. The summed E-state index contributed by atoms with van der Waals surface area (Å²) in [6, 6.07) is 0. The van der Waals surface area contributed by atoms with Gasteiger partial charge < -0.3 is 0 Å². The number of rotatable bonds is 3. The van der Waals surface area contributed by atoms with Gasteiger partial charge in [0, 0.05) is 0 Å². The molecule has 0 bridgehead atoms. The maximum atomic E-state index is 4.04. The first-order valence-corrected chi connectivity index (χ1v) is 4.17. The van der Waals surface area contributed by atoms with Gasteiger partial charge in [0.25, 0.3) is 0 Å². The summed E-state index contributed by atoms with van der Waals surface area (Å²) >= 11 is 0. The molecule has 0 spiro atoms. The van der Waals surface area contributed by atoms with Crippen molar-refractivity contribution in [3.05, 3.63) is 24.8 Å². The van der Waals surface area contributed by atoms with Gasteiger partial charge in [-0.3, -0.25) is 0 Å². The normalized spacial score (nSPS) is 14.2. The predicted molar refractivity (Wildman–Crippen MR) is 52.6 cm³/mol. The lowest BCUT2D eigenvalue weighted by Crippen LogP contribution is -2.08. The van der Waals surface area contributed by atoms with E-state index in [1.54, 1.807) is 0 Å². The van der Waals surface area contributed by atoms with Crippen LogP contribution in [0.25, 0.3) is 0 Å². The molecule has 0 aliphatic heterocycles. The van der Waals surface area contributed by atoms with E-state index >= 15 is 0 Å². The van der Waals surface area contributed by atoms with Gasteiger partial charge in [-0.25, -0.2) is 0 Å². The van der Waals surface area contributed by atoms with Crippen LogP contribution in [0, 0.1) is 11.3 Å². The lowest BCUT2D eigenvalue weighted by atomic mass is 9.84. The Morgan fingerprint density at radius 3 is 2.18 bits per heavy atom. The summed E-state index contributed by atoms with van der Waals surface area (Å²) in [5.41, 5.74) is 1.64. The van der Waals surface area contributed by atoms with Crippen LogP contribution in [0.5, 0.6) is 0 Å². The molecule has 0 aromatic heterocycles. The van der Waals surface area contributed by atoms with Crippen molar-refractivity contribution in [1.82, 2.24) is 0 Å². The van der Waals surface area contributed by atoms with Crippen LogP contribution in [-0.4, -0.2) is 0 Å². The molecule has 0 saturated carbocycles. The summed E-state index contributed by atoms with van der Waals surface area (Å²) in [6.07, 6.45) is 3.04. The molecule has 0 aromatic rings. The van der Waals surface area contributed by atoms with E-state index in [1.165, 1.54) is 5.57 Å². The van der Waals surface area contributed by atoms with Crippen molar-refractivity contribution in [2.24, 2.45) is 11.3 Å². The molecule has 0 saturated heterocycles. The smallest absolute Gasteiger partial charge is 0.00568 e. The van der Waals surface area contributed by atoms with E-state index in [1.807, 2.05) is 6.08 Å². The van der Waals surface area contributed by atoms with E-state index in [0.29, 0.717) is 11.3 Å². The van der Waals surface area contributed by atoms with Crippen LogP contribution in [0.1, 0.15) is 34.1 Å². The molecule has 0 aliphatic carbocycles. The Kier molecular flexibility index (Phi) is 3.57. The fourth-order valence-electron chi connectivity index (χ4n) is 1.01. The zero-order valence-corrected chi connectivity index (χ0v) is 8.28. The minimum atomic E-state index is 0.356. The van der Waals surface area contributed by atoms with Gasteiger partial charge in [0.2, 0.25) is 0 Å². The fourth-order valence-corrected chi connectivity index (χ4v) is 1.01. The highest BCUT2D eigenvalue weighted by molar-refractivity contribution is 5.07. The molecule has 0 aromatic carbocycles. The third kappa shape index (κ3) is 4.83. The van der Waals surface area contributed by atoms with Gasteiger partial charge in [-0.2, -0.15) is 0 Å². The first kappa shape index (κ1) is 10.5. The van der Waals surface area contributed by atoms with Crippen molar-refractivity contribution in [2.45, 2.75) is 34.1 Å². The van der Waals surface area contributed by atoms with E-state index in [4.69, 9.17) is 0 Å². The van der Waals surface area contributed by atoms with Crippen molar-refractivity contribution >= 4 is 0 Å². The molecule has 0 N–H and O–H groups in total. The zero-order chi connectivity index (χ0) is 9.07. The molecule has 0 nitrogen and oxygen atoms in total. The topological polar surface area (TPSA) is 0 Å². The van der Waals surface area contributed by atoms with Crippen LogP contribution in [0.3, 0.4) is 0 Å². The quantitative estimate of drug-likeness (QED) is 0.539. The van der Waals surface area contributed by atoms with Crippen LogP contribution in [-0.2, 0) is 0 Å². The van der Waals surface area contributed by atoms with Crippen molar-refractivity contribution in [1.29, 1.82) is 0 Å². The third-order valence-corrected chi connectivity index (χ3v) is 1.75. The van der Waals surface area contributed by atoms with E-state index in [2.05, 4.69) is 40.9 Å². The maximum absolute atomic E-state index is 4.04. The molecule has 0 rings (SSSR count). The number of hydrogen-bond donors (Lipinski definition) is 0. The molecular weight excluding hydrogens is 132 g/mol. The van der Waals surface area contributed by atoms with Crippen LogP contribution >= 0.6 is 0 Å². The Bertz CT molecular complexity index is 146. The summed E-state index contributed by atoms with van der Waals surface area (Å²) < 4.78 is 0. The second-order valence-corrected chi connectivity index (χ2v) is 4.42. The average molecular weight is 152 g/mol. The second-order valence-electron chi connectivity index (χ2n) is 4.42. The SMILES string of the molecule is C=CC(C)C(=C)CC(C)(C)C. The largest absolute Gasteiger partial charge is 0.102 e. The van der Waals surface area contributed by atoms with Gasteiger partial charge >= 0.3 is 0 Å². The van der Waals surface area contributed by atoms with Crippen molar-refractivity contribution < 1.29 is 0 Å². The molecule has 1 atom stereocenters. The maximum Gasteiger partial charge on any atom is -0.00568 e. The highest BCUT2D eigenvalue weighted by Crippen LogP contribution is 2.27. The molecule has 11 heavy (non-hydrogen) atoms. The Labute approximate surface area is 71.0 Å². The van der Waals surface area contributed by atoms with Crippen molar-refractivity contribution in [2.75, 3.05) is 0 Å². The average Bonchev–Trinajstić information content (AvgIpc) is 1.82. The molecule has 0 fully saturated rings. The Morgan fingerprint density at radius 1 is 1.45 bits per heavy atom. The standard InChI is InChI=1S/C11H20/c1-7-9(2)10(3)8-11(4,5)6/h7,9H,1,3,8H2,2,4-6H3. The zero-order valence-electron chi connectivity index (χ0n) is 8.28. The van der Waals surface area contributed by atoms with E-state index < -0.39 is 0 Å². The summed E-state index contributed by atoms with van der Waals surface area (Å²) in [6.45, 7) is 16.6. The van der Waals surface area contributed by atoms with Crippen LogP contribution in [0.2, 0.25) is 0 Å². The van der Waals surface area contributed by atoms with Crippen LogP contribution < -0.4 is 0 Å². The molecule has 0 heteroatoms. The molecule has 0 aliphatic rings. The van der Waals surface area contributed by atoms with Gasteiger partial charge in [0.05, 0.1) is 0 Å². The Balaban J connectivity index is 3.98. The molecule has 64 valence electrons. The van der Waals surface area contributed by atoms with Crippen LogP contribution in [0.4, 0.5) is 0 Å². The summed E-state index contributed by atoms with van der Waals surface area (Å²) in [4.78, 5) is 0. The molecule has 0 radical (unpaired) electrons. The highest BCUT2D eigenvalue weighted by Gasteiger charge is 2.13. The number of allylic oxidation sites excluding steroid dienone is 2. The van der Waals surface area contributed by atoms with Crippen molar-refractivity contribution in [3.8, 4) is 0 Å². The lowest BCUT2D eigenvalue weighted by Gasteiger charge is -2.21. The molecule has 0 amide bonds. The monoisotopic (exact) mass is 152 g/mol. The van der Waals surface area contributed by atoms with E-state index in [0.717, 1.165) is 6.42 Å². The highest BCUT2D eigenvalue weighted by atomic mass is 14.2. The van der Waals surface area contributed by atoms with E-state index in [9.17, 15) is 0 Å². The molecule has 0 heterocycles.